The van der Waals surface area contributed by atoms with E-state index in [1.807, 2.05) is 7.05 Å². The molecule has 2 heterocycles. The molecular formula is C16H17N3S2. The predicted octanol–water partition coefficient (Wildman–Crippen LogP) is 4.07. The van der Waals surface area contributed by atoms with Gasteiger partial charge in [0, 0.05) is 24.1 Å². The van der Waals surface area contributed by atoms with Crippen molar-refractivity contribution in [3.63, 3.8) is 0 Å². The standard InChI is InChI=1S/C16H17N3S2/c1-12-5-3-6-13(9-12)11-21-16-18-17-15(19(16)2)10-14-7-4-8-20-14/h3-9H,10-11H2,1-2H3. The molecule has 108 valence electrons. The Morgan fingerprint density at radius 1 is 1.19 bits per heavy atom. The SMILES string of the molecule is Cc1cccc(CSc2nnc(Cc3cccs3)n2C)c1. The van der Waals surface area contributed by atoms with Gasteiger partial charge in [-0.25, -0.2) is 0 Å². The average molecular weight is 315 g/mol. The number of rotatable bonds is 5. The lowest BCUT2D eigenvalue weighted by atomic mass is 10.2. The average Bonchev–Trinajstić information content (AvgIpc) is 3.09. The molecule has 3 rings (SSSR count). The smallest absolute Gasteiger partial charge is 0.191 e. The van der Waals surface area contributed by atoms with Crippen molar-refractivity contribution in [2.45, 2.75) is 24.3 Å². The molecule has 5 heteroatoms. The van der Waals surface area contributed by atoms with Crippen LogP contribution < -0.4 is 0 Å². The molecule has 0 amide bonds. The van der Waals surface area contributed by atoms with Crippen molar-refractivity contribution in [1.82, 2.24) is 14.8 Å². The summed E-state index contributed by atoms with van der Waals surface area (Å²) in [5.41, 5.74) is 2.62. The van der Waals surface area contributed by atoms with Crippen molar-refractivity contribution in [2.75, 3.05) is 0 Å². The summed E-state index contributed by atoms with van der Waals surface area (Å²) in [6, 6.07) is 12.8. The Kier molecular flexibility index (Phi) is 4.41. The lowest BCUT2D eigenvalue weighted by Crippen LogP contribution is -1.99. The number of nitrogens with zero attached hydrogens (tertiary/aromatic N) is 3. The molecule has 0 bridgehead atoms. The monoisotopic (exact) mass is 315 g/mol. The number of hydrogen-bond acceptors (Lipinski definition) is 4. The van der Waals surface area contributed by atoms with E-state index in [-0.39, 0.29) is 0 Å². The van der Waals surface area contributed by atoms with E-state index < -0.39 is 0 Å². The first-order chi connectivity index (χ1) is 10.2. The molecule has 0 spiro atoms. The number of thioether (sulfide) groups is 1. The summed E-state index contributed by atoms with van der Waals surface area (Å²) < 4.78 is 2.10. The lowest BCUT2D eigenvalue weighted by Gasteiger charge is -2.04. The topological polar surface area (TPSA) is 30.7 Å². The Morgan fingerprint density at radius 2 is 2.10 bits per heavy atom. The van der Waals surface area contributed by atoms with Gasteiger partial charge in [-0.2, -0.15) is 0 Å². The zero-order valence-corrected chi connectivity index (χ0v) is 13.7. The number of thiophene rings is 1. The quantitative estimate of drug-likeness (QED) is 0.665. The Balaban J connectivity index is 1.68. The second-order valence-electron chi connectivity index (χ2n) is 4.99. The van der Waals surface area contributed by atoms with E-state index in [0.717, 1.165) is 23.2 Å². The zero-order chi connectivity index (χ0) is 14.7. The van der Waals surface area contributed by atoms with E-state index in [4.69, 9.17) is 0 Å². The van der Waals surface area contributed by atoms with Gasteiger partial charge in [0.05, 0.1) is 0 Å². The summed E-state index contributed by atoms with van der Waals surface area (Å²) >= 11 is 3.49. The van der Waals surface area contributed by atoms with Crippen LogP contribution >= 0.6 is 23.1 Å². The maximum atomic E-state index is 4.32. The fourth-order valence-corrected chi connectivity index (χ4v) is 3.72. The van der Waals surface area contributed by atoms with E-state index in [2.05, 4.69) is 63.5 Å². The fraction of sp³-hybridized carbons (Fsp3) is 0.250. The first-order valence-corrected chi connectivity index (χ1v) is 8.68. The Hall–Kier alpha value is -1.59. The normalized spacial score (nSPS) is 11.0. The molecule has 2 aromatic heterocycles. The van der Waals surface area contributed by atoms with Gasteiger partial charge in [-0.1, -0.05) is 47.7 Å². The van der Waals surface area contributed by atoms with Gasteiger partial charge in [0.2, 0.25) is 0 Å². The van der Waals surface area contributed by atoms with Crippen LogP contribution in [-0.4, -0.2) is 14.8 Å². The second-order valence-corrected chi connectivity index (χ2v) is 6.97. The van der Waals surface area contributed by atoms with Crippen LogP contribution in [-0.2, 0) is 19.2 Å². The first-order valence-electron chi connectivity index (χ1n) is 6.81. The van der Waals surface area contributed by atoms with Gasteiger partial charge in [-0.05, 0) is 23.9 Å². The Morgan fingerprint density at radius 3 is 2.86 bits per heavy atom. The van der Waals surface area contributed by atoms with Crippen LogP contribution in [0.15, 0.2) is 46.9 Å². The minimum atomic E-state index is 0.853. The molecule has 0 fully saturated rings. The number of aromatic nitrogens is 3. The minimum absolute atomic E-state index is 0.853. The molecular weight excluding hydrogens is 298 g/mol. The van der Waals surface area contributed by atoms with E-state index in [1.165, 1.54) is 16.0 Å². The largest absolute Gasteiger partial charge is 0.309 e. The second kappa shape index (κ2) is 6.45. The number of aryl methyl sites for hydroxylation is 1. The molecule has 0 unspecified atom stereocenters. The maximum absolute atomic E-state index is 4.32. The van der Waals surface area contributed by atoms with Crippen LogP contribution in [0.1, 0.15) is 21.8 Å². The van der Waals surface area contributed by atoms with Crippen LogP contribution in [0.2, 0.25) is 0 Å². The highest BCUT2D eigenvalue weighted by atomic mass is 32.2. The highest BCUT2D eigenvalue weighted by molar-refractivity contribution is 7.98. The highest BCUT2D eigenvalue weighted by Gasteiger charge is 2.10. The van der Waals surface area contributed by atoms with Crippen molar-refractivity contribution in [3.8, 4) is 0 Å². The van der Waals surface area contributed by atoms with E-state index in [1.54, 1.807) is 23.1 Å². The molecule has 0 aliphatic rings. The van der Waals surface area contributed by atoms with E-state index >= 15 is 0 Å². The summed E-state index contributed by atoms with van der Waals surface area (Å²) in [5.74, 6) is 1.94. The Bertz CT molecular complexity index is 717. The van der Waals surface area contributed by atoms with Crippen molar-refractivity contribution in [2.24, 2.45) is 7.05 Å². The first kappa shape index (κ1) is 14.4. The van der Waals surface area contributed by atoms with Crippen LogP contribution in [0.5, 0.6) is 0 Å². The zero-order valence-electron chi connectivity index (χ0n) is 12.1. The maximum Gasteiger partial charge on any atom is 0.191 e. The summed E-state index contributed by atoms with van der Waals surface area (Å²) in [4.78, 5) is 1.32. The van der Waals surface area contributed by atoms with Crippen LogP contribution in [0.3, 0.4) is 0 Å². The summed E-state index contributed by atoms with van der Waals surface area (Å²) in [6.07, 6.45) is 0.853. The molecule has 0 N–H and O–H groups in total. The van der Waals surface area contributed by atoms with Gasteiger partial charge in [-0.15, -0.1) is 21.5 Å². The van der Waals surface area contributed by atoms with Crippen LogP contribution in [0.4, 0.5) is 0 Å². The molecule has 0 saturated carbocycles. The number of benzene rings is 1. The predicted molar refractivity (Wildman–Crippen MR) is 88.9 cm³/mol. The molecule has 0 saturated heterocycles. The van der Waals surface area contributed by atoms with Gasteiger partial charge in [0.1, 0.15) is 5.82 Å². The molecule has 1 aromatic carbocycles. The van der Waals surface area contributed by atoms with Crippen molar-refractivity contribution >= 4 is 23.1 Å². The fourth-order valence-electron chi connectivity index (χ4n) is 2.14. The van der Waals surface area contributed by atoms with Crippen LogP contribution in [0, 0.1) is 6.92 Å². The van der Waals surface area contributed by atoms with Gasteiger partial charge >= 0.3 is 0 Å². The van der Waals surface area contributed by atoms with Gasteiger partial charge < -0.3 is 4.57 Å². The summed E-state index contributed by atoms with van der Waals surface area (Å²) in [6.45, 7) is 2.12. The lowest BCUT2D eigenvalue weighted by molar-refractivity contribution is 0.751. The van der Waals surface area contributed by atoms with Crippen molar-refractivity contribution < 1.29 is 0 Å². The third-order valence-electron chi connectivity index (χ3n) is 3.29. The Labute approximate surface area is 133 Å². The van der Waals surface area contributed by atoms with Gasteiger partial charge in [0.15, 0.2) is 5.16 Å². The molecule has 3 aromatic rings. The molecule has 3 nitrogen and oxygen atoms in total. The number of hydrogen-bond donors (Lipinski definition) is 0. The summed E-state index contributed by atoms with van der Waals surface area (Å²) in [7, 11) is 2.04. The highest BCUT2D eigenvalue weighted by Crippen LogP contribution is 2.23. The van der Waals surface area contributed by atoms with Crippen molar-refractivity contribution in [1.29, 1.82) is 0 Å². The van der Waals surface area contributed by atoms with Crippen LogP contribution in [0.25, 0.3) is 0 Å². The minimum Gasteiger partial charge on any atom is -0.309 e. The molecule has 0 aliphatic heterocycles. The van der Waals surface area contributed by atoms with E-state index in [9.17, 15) is 0 Å². The molecule has 0 aliphatic carbocycles. The molecule has 0 atom stereocenters. The van der Waals surface area contributed by atoms with Crippen molar-refractivity contribution in [3.05, 3.63) is 63.6 Å². The third-order valence-corrected chi connectivity index (χ3v) is 5.26. The molecule has 0 radical (unpaired) electrons. The van der Waals surface area contributed by atoms with Gasteiger partial charge in [-0.3, -0.25) is 0 Å². The molecule has 21 heavy (non-hydrogen) atoms. The summed E-state index contributed by atoms with van der Waals surface area (Å²) in [5, 5.41) is 11.7. The van der Waals surface area contributed by atoms with E-state index in [0.29, 0.717) is 0 Å². The third kappa shape index (κ3) is 3.54. The van der Waals surface area contributed by atoms with Gasteiger partial charge in [0.25, 0.3) is 0 Å².